The van der Waals surface area contributed by atoms with Crippen molar-refractivity contribution in [1.82, 2.24) is 15.1 Å². The van der Waals surface area contributed by atoms with Crippen molar-refractivity contribution in [2.75, 3.05) is 31.6 Å². The van der Waals surface area contributed by atoms with Crippen LogP contribution in [-0.2, 0) is 4.79 Å². The quantitative estimate of drug-likeness (QED) is 0.825. The molecule has 2 amide bonds. The number of carbonyl (C=O) groups excluding carboxylic acids is 2. The van der Waals surface area contributed by atoms with Gasteiger partial charge < -0.3 is 19.7 Å². The Morgan fingerprint density at radius 2 is 1.96 bits per heavy atom. The summed E-state index contributed by atoms with van der Waals surface area (Å²) in [4.78, 5) is 26.5. The number of aromatic nitrogens is 2. The van der Waals surface area contributed by atoms with Gasteiger partial charge in [0.15, 0.2) is 11.5 Å². The molecule has 0 radical (unpaired) electrons. The fourth-order valence-corrected chi connectivity index (χ4v) is 3.65. The number of amides is 2. The van der Waals surface area contributed by atoms with E-state index in [1.807, 2.05) is 17.0 Å². The molecule has 3 heterocycles. The number of fused-ring (bicyclic) bond motifs is 1. The van der Waals surface area contributed by atoms with E-state index in [-0.39, 0.29) is 11.8 Å². The Morgan fingerprint density at radius 1 is 1.18 bits per heavy atom. The Morgan fingerprint density at radius 3 is 2.71 bits per heavy atom. The number of rotatable bonds is 5. The summed E-state index contributed by atoms with van der Waals surface area (Å²) in [6.45, 7) is 2.51. The van der Waals surface area contributed by atoms with Crippen LogP contribution in [0.4, 0.5) is 5.69 Å². The predicted molar refractivity (Wildman–Crippen MR) is 103 cm³/mol. The van der Waals surface area contributed by atoms with Crippen molar-refractivity contribution in [2.24, 2.45) is 5.92 Å². The van der Waals surface area contributed by atoms with E-state index in [1.165, 1.54) is 0 Å². The van der Waals surface area contributed by atoms with Gasteiger partial charge in [-0.25, -0.2) is 0 Å². The fraction of sp³-hybridized carbons (Fsp3) is 0.450. The number of nitrogens with one attached hydrogen (secondary N) is 2. The van der Waals surface area contributed by atoms with E-state index in [0.717, 1.165) is 38.0 Å². The Hall–Kier alpha value is -3.03. The number of ether oxygens (including phenoxy) is 2. The molecule has 1 fully saturated rings. The maximum Gasteiger partial charge on any atom is 0.257 e. The summed E-state index contributed by atoms with van der Waals surface area (Å²) in [7, 11) is 0. The summed E-state index contributed by atoms with van der Waals surface area (Å²) in [5.74, 6) is 1.84. The lowest BCUT2D eigenvalue weighted by atomic mass is 9.92. The van der Waals surface area contributed by atoms with Gasteiger partial charge in [0.2, 0.25) is 5.91 Å². The van der Waals surface area contributed by atoms with Crippen LogP contribution in [0.25, 0.3) is 0 Å². The van der Waals surface area contributed by atoms with Gasteiger partial charge in [0.1, 0.15) is 13.2 Å². The predicted octanol–water partition coefficient (Wildman–Crippen LogP) is 2.45. The molecule has 2 aliphatic rings. The van der Waals surface area contributed by atoms with Crippen LogP contribution in [0.1, 0.15) is 36.0 Å². The zero-order valence-corrected chi connectivity index (χ0v) is 15.6. The van der Waals surface area contributed by atoms with Crippen LogP contribution < -0.4 is 14.8 Å². The second-order valence-corrected chi connectivity index (χ2v) is 7.17. The smallest absolute Gasteiger partial charge is 0.257 e. The highest BCUT2D eigenvalue weighted by molar-refractivity contribution is 5.93. The van der Waals surface area contributed by atoms with Crippen molar-refractivity contribution in [3.63, 3.8) is 0 Å². The lowest BCUT2D eigenvalue weighted by Crippen LogP contribution is -2.38. The number of H-pyrrole nitrogens is 1. The Bertz CT molecular complexity index is 829. The second-order valence-electron chi connectivity index (χ2n) is 7.17. The second kappa shape index (κ2) is 8.33. The van der Waals surface area contributed by atoms with E-state index in [1.54, 1.807) is 18.5 Å². The number of carbonyl (C=O) groups is 2. The molecule has 2 N–H and O–H groups in total. The van der Waals surface area contributed by atoms with Gasteiger partial charge in [-0.15, -0.1) is 0 Å². The van der Waals surface area contributed by atoms with Crippen molar-refractivity contribution in [3.05, 3.63) is 36.2 Å². The third-order valence-corrected chi connectivity index (χ3v) is 5.25. The summed E-state index contributed by atoms with van der Waals surface area (Å²) >= 11 is 0. The normalized spacial score (nSPS) is 16.6. The summed E-state index contributed by atoms with van der Waals surface area (Å²) < 4.78 is 11.0. The van der Waals surface area contributed by atoms with E-state index >= 15 is 0 Å². The SMILES string of the molecule is O=C(CCC1CCN(C(=O)c2cn[nH]c2)CC1)Nc1ccc2c(c1)OCCO2. The molecule has 0 aliphatic carbocycles. The van der Waals surface area contributed by atoms with E-state index in [2.05, 4.69) is 15.5 Å². The van der Waals surface area contributed by atoms with Crippen LogP contribution in [0.5, 0.6) is 11.5 Å². The first-order valence-corrected chi connectivity index (χ1v) is 9.66. The minimum absolute atomic E-state index is 0.00594. The number of nitrogens with zero attached hydrogens (tertiary/aromatic N) is 2. The average Bonchev–Trinajstić information content (AvgIpc) is 3.27. The van der Waals surface area contributed by atoms with Crippen molar-refractivity contribution in [3.8, 4) is 11.5 Å². The van der Waals surface area contributed by atoms with Gasteiger partial charge in [-0.05, 0) is 37.3 Å². The van der Waals surface area contributed by atoms with Crippen LogP contribution in [0, 0.1) is 5.92 Å². The molecule has 8 nitrogen and oxygen atoms in total. The van der Waals surface area contributed by atoms with Crippen molar-refractivity contribution >= 4 is 17.5 Å². The molecule has 0 spiro atoms. The van der Waals surface area contributed by atoms with Crippen molar-refractivity contribution in [1.29, 1.82) is 0 Å². The first kappa shape index (κ1) is 18.3. The minimum Gasteiger partial charge on any atom is -0.486 e. The van der Waals surface area contributed by atoms with Crippen molar-refractivity contribution < 1.29 is 19.1 Å². The average molecular weight is 384 g/mol. The number of hydrogen-bond donors (Lipinski definition) is 2. The minimum atomic E-state index is -0.00594. The van der Waals surface area contributed by atoms with E-state index < -0.39 is 0 Å². The Balaban J connectivity index is 1.21. The molecule has 0 saturated carbocycles. The highest BCUT2D eigenvalue weighted by Gasteiger charge is 2.24. The number of anilines is 1. The third-order valence-electron chi connectivity index (χ3n) is 5.25. The van der Waals surface area contributed by atoms with Gasteiger partial charge >= 0.3 is 0 Å². The third kappa shape index (κ3) is 4.27. The molecule has 2 aromatic rings. The van der Waals surface area contributed by atoms with Gasteiger partial charge in [-0.1, -0.05) is 0 Å². The van der Waals surface area contributed by atoms with Gasteiger partial charge in [0.05, 0.1) is 11.8 Å². The molecular formula is C20H24N4O4. The lowest BCUT2D eigenvalue weighted by molar-refractivity contribution is -0.116. The molecule has 28 heavy (non-hydrogen) atoms. The Kier molecular flexibility index (Phi) is 5.45. The molecular weight excluding hydrogens is 360 g/mol. The molecule has 1 saturated heterocycles. The first-order chi connectivity index (χ1) is 13.7. The van der Waals surface area contributed by atoms with Crippen LogP contribution in [-0.4, -0.2) is 53.2 Å². The summed E-state index contributed by atoms with van der Waals surface area (Å²) in [6, 6.07) is 5.44. The van der Waals surface area contributed by atoms with E-state index in [4.69, 9.17) is 9.47 Å². The number of aromatic amines is 1. The maximum absolute atomic E-state index is 12.3. The molecule has 2 aliphatic heterocycles. The van der Waals surface area contributed by atoms with Crippen LogP contribution in [0.15, 0.2) is 30.6 Å². The van der Waals surface area contributed by atoms with E-state index in [9.17, 15) is 9.59 Å². The zero-order valence-electron chi connectivity index (χ0n) is 15.6. The van der Waals surface area contributed by atoms with Gasteiger partial charge in [-0.2, -0.15) is 5.10 Å². The lowest BCUT2D eigenvalue weighted by Gasteiger charge is -2.31. The van der Waals surface area contributed by atoms with Gasteiger partial charge in [0, 0.05) is 37.5 Å². The number of hydrogen-bond acceptors (Lipinski definition) is 5. The largest absolute Gasteiger partial charge is 0.486 e. The maximum atomic E-state index is 12.3. The first-order valence-electron chi connectivity index (χ1n) is 9.66. The summed E-state index contributed by atoms with van der Waals surface area (Å²) in [6.07, 6.45) is 6.30. The van der Waals surface area contributed by atoms with Crippen molar-refractivity contribution in [2.45, 2.75) is 25.7 Å². The molecule has 4 rings (SSSR count). The molecule has 1 aromatic carbocycles. The molecule has 148 valence electrons. The fourth-order valence-electron chi connectivity index (χ4n) is 3.65. The molecule has 0 bridgehead atoms. The molecule has 1 aromatic heterocycles. The molecule has 0 unspecified atom stereocenters. The van der Waals surface area contributed by atoms with Gasteiger partial charge in [0.25, 0.3) is 5.91 Å². The zero-order chi connectivity index (χ0) is 19.3. The highest BCUT2D eigenvalue weighted by Crippen LogP contribution is 2.32. The monoisotopic (exact) mass is 384 g/mol. The number of piperidine rings is 1. The number of likely N-dealkylation sites (tertiary alicyclic amines) is 1. The van der Waals surface area contributed by atoms with Crippen LogP contribution in [0.2, 0.25) is 0 Å². The summed E-state index contributed by atoms with van der Waals surface area (Å²) in [5, 5.41) is 9.43. The molecule has 8 heteroatoms. The standard InChI is InChI=1S/C20H24N4O4/c25-19(23-16-2-3-17-18(11-16)28-10-9-27-17)4-1-14-5-7-24(8-6-14)20(26)15-12-21-22-13-15/h2-3,11-14H,1,4-10H2,(H,21,22)(H,23,25). The topological polar surface area (TPSA) is 96.6 Å². The van der Waals surface area contributed by atoms with Crippen LogP contribution >= 0.6 is 0 Å². The van der Waals surface area contributed by atoms with E-state index in [0.29, 0.717) is 42.6 Å². The number of benzene rings is 1. The Labute approximate surface area is 163 Å². The highest BCUT2D eigenvalue weighted by atomic mass is 16.6. The van der Waals surface area contributed by atoms with Gasteiger partial charge in [-0.3, -0.25) is 14.7 Å². The van der Waals surface area contributed by atoms with Crippen LogP contribution in [0.3, 0.4) is 0 Å². The summed E-state index contributed by atoms with van der Waals surface area (Å²) in [5.41, 5.74) is 1.31. The molecule has 0 atom stereocenters.